The van der Waals surface area contributed by atoms with E-state index >= 15 is 0 Å². The van der Waals surface area contributed by atoms with Gasteiger partial charge in [0.25, 0.3) is 0 Å². The van der Waals surface area contributed by atoms with E-state index in [-0.39, 0.29) is 6.54 Å². The van der Waals surface area contributed by atoms with Gasteiger partial charge < -0.3 is 10.8 Å². The molecular formula is C8H8F3NO. The van der Waals surface area contributed by atoms with Crippen LogP contribution in [0.25, 0.3) is 0 Å². The zero-order valence-corrected chi connectivity index (χ0v) is 6.60. The van der Waals surface area contributed by atoms with Gasteiger partial charge in [0.1, 0.15) is 5.82 Å². The number of hydrogen-bond donors (Lipinski definition) is 2. The number of nitrogens with two attached hydrogens (primary N) is 1. The average molecular weight is 191 g/mol. The molecule has 0 aliphatic carbocycles. The maximum absolute atomic E-state index is 12.9. The maximum atomic E-state index is 12.9. The minimum absolute atomic E-state index is 0.292. The van der Waals surface area contributed by atoms with Gasteiger partial charge in [-0.25, -0.2) is 13.2 Å². The summed E-state index contributed by atoms with van der Waals surface area (Å²) in [5.41, 5.74) is 4.55. The molecule has 13 heavy (non-hydrogen) atoms. The van der Waals surface area contributed by atoms with E-state index in [2.05, 4.69) is 0 Å². The van der Waals surface area contributed by atoms with Crippen molar-refractivity contribution in [3.63, 3.8) is 0 Å². The van der Waals surface area contributed by atoms with E-state index in [1.165, 1.54) is 0 Å². The predicted molar refractivity (Wildman–Crippen MR) is 40.3 cm³/mol. The van der Waals surface area contributed by atoms with Gasteiger partial charge in [-0.3, -0.25) is 0 Å². The van der Waals surface area contributed by atoms with Gasteiger partial charge >= 0.3 is 0 Å². The van der Waals surface area contributed by atoms with E-state index in [4.69, 9.17) is 10.8 Å². The van der Waals surface area contributed by atoms with Gasteiger partial charge in [-0.1, -0.05) is 0 Å². The summed E-state index contributed by atoms with van der Waals surface area (Å²) >= 11 is 0. The van der Waals surface area contributed by atoms with Crippen molar-refractivity contribution in [1.82, 2.24) is 0 Å². The Morgan fingerprint density at radius 2 is 1.92 bits per heavy atom. The van der Waals surface area contributed by atoms with E-state index in [1.54, 1.807) is 0 Å². The average Bonchev–Trinajstić information content (AvgIpc) is 2.10. The molecule has 0 amide bonds. The Morgan fingerprint density at radius 1 is 1.31 bits per heavy atom. The van der Waals surface area contributed by atoms with Crippen molar-refractivity contribution in [3.05, 3.63) is 35.1 Å². The molecule has 0 saturated heterocycles. The molecule has 72 valence electrons. The molecule has 0 fully saturated rings. The third kappa shape index (κ3) is 1.99. The maximum Gasteiger partial charge on any atom is 0.164 e. The normalized spacial score (nSPS) is 13.0. The van der Waals surface area contributed by atoms with Crippen molar-refractivity contribution in [1.29, 1.82) is 0 Å². The van der Waals surface area contributed by atoms with Crippen molar-refractivity contribution >= 4 is 0 Å². The molecule has 0 spiro atoms. The number of halogens is 3. The zero-order chi connectivity index (χ0) is 10.0. The van der Waals surface area contributed by atoms with E-state index in [0.717, 1.165) is 6.07 Å². The molecule has 3 N–H and O–H groups in total. The molecule has 0 radical (unpaired) electrons. The Hall–Kier alpha value is -1.07. The Bertz CT molecular complexity index is 317. The van der Waals surface area contributed by atoms with E-state index in [0.29, 0.717) is 6.07 Å². The van der Waals surface area contributed by atoms with Crippen molar-refractivity contribution in [2.75, 3.05) is 6.54 Å². The standard InChI is InChI=1S/C8H8F3NO/c9-4-1-5(7(13)3-12)8(11)6(10)2-4/h1-2,7,13H,3,12H2. The fourth-order valence-corrected chi connectivity index (χ4v) is 0.945. The Labute approximate surface area is 72.8 Å². The molecule has 1 aromatic rings. The Kier molecular flexibility index (Phi) is 2.90. The highest BCUT2D eigenvalue weighted by molar-refractivity contribution is 5.22. The second-order valence-electron chi connectivity index (χ2n) is 2.54. The molecule has 0 aliphatic rings. The van der Waals surface area contributed by atoms with Gasteiger partial charge in [-0.15, -0.1) is 0 Å². The SMILES string of the molecule is NCC(O)c1cc(F)cc(F)c1F. The van der Waals surface area contributed by atoms with Crippen LogP contribution in [-0.2, 0) is 0 Å². The van der Waals surface area contributed by atoms with Gasteiger partial charge in [-0.2, -0.15) is 0 Å². The lowest BCUT2D eigenvalue weighted by molar-refractivity contribution is 0.180. The molecule has 2 nitrogen and oxygen atoms in total. The third-order valence-electron chi connectivity index (χ3n) is 1.60. The minimum Gasteiger partial charge on any atom is -0.387 e. The van der Waals surface area contributed by atoms with Crippen LogP contribution in [0.15, 0.2) is 12.1 Å². The quantitative estimate of drug-likeness (QED) is 0.687. The summed E-state index contributed by atoms with van der Waals surface area (Å²) in [7, 11) is 0. The molecule has 1 rings (SSSR count). The van der Waals surface area contributed by atoms with Crippen LogP contribution in [0.1, 0.15) is 11.7 Å². The molecular weight excluding hydrogens is 183 g/mol. The first kappa shape index (κ1) is 10.0. The van der Waals surface area contributed by atoms with Crippen LogP contribution in [-0.4, -0.2) is 11.7 Å². The Morgan fingerprint density at radius 3 is 2.46 bits per heavy atom. The summed E-state index contributed by atoms with van der Waals surface area (Å²) < 4.78 is 38.0. The van der Waals surface area contributed by atoms with Crippen molar-refractivity contribution < 1.29 is 18.3 Å². The summed E-state index contributed by atoms with van der Waals surface area (Å²) in [6.45, 7) is -0.292. The lowest BCUT2D eigenvalue weighted by atomic mass is 10.1. The van der Waals surface area contributed by atoms with Crippen LogP contribution < -0.4 is 5.73 Å². The monoisotopic (exact) mass is 191 g/mol. The van der Waals surface area contributed by atoms with Gasteiger partial charge in [-0.05, 0) is 6.07 Å². The van der Waals surface area contributed by atoms with Gasteiger partial charge in [0.2, 0.25) is 0 Å². The fraction of sp³-hybridized carbons (Fsp3) is 0.250. The molecule has 1 unspecified atom stereocenters. The highest BCUT2D eigenvalue weighted by Gasteiger charge is 2.16. The zero-order valence-electron chi connectivity index (χ0n) is 6.60. The van der Waals surface area contributed by atoms with Crippen molar-refractivity contribution in [3.8, 4) is 0 Å². The Balaban J connectivity index is 3.20. The number of rotatable bonds is 2. The highest BCUT2D eigenvalue weighted by Crippen LogP contribution is 2.20. The lowest BCUT2D eigenvalue weighted by Gasteiger charge is -2.09. The van der Waals surface area contributed by atoms with Gasteiger partial charge in [0.05, 0.1) is 6.10 Å². The van der Waals surface area contributed by atoms with Crippen LogP contribution in [0.3, 0.4) is 0 Å². The largest absolute Gasteiger partial charge is 0.387 e. The molecule has 0 aromatic heterocycles. The van der Waals surface area contributed by atoms with E-state index in [9.17, 15) is 13.2 Å². The summed E-state index contributed by atoms with van der Waals surface area (Å²) in [6, 6.07) is 1.12. The fourth-order valence-electron chi connectivity index (χ4n) is 0.945. The van der Waals surface area contributed by atoms with Crippen LogP contribution in [0.4, 0.5) is 13.2 Å². The van der Waals surface area contributed by atoms with Crippen molar-refractivity contribution in [2.24, 2.45) is 5.73 Å². The van der Waals surface area contributed by atoms with Gasteiger partial charge in [0, 0.05) is 18.2 Å². The molecule has 1 atom stereocenters. The first-order valence-electron chi connectivity index (χ1n) is 3.59. The smallest absolute Gasteiger partial charge is 0.164 e. The topological polar surface area (TPSA) is 46.2 Å². The van der Waals surface area contributed by atoms with Crippen LogP contribution in [0, 0.1) is 17.5 Å². The second-order valence-corrected chi connectivity index (χ2v) is 2.54. The number of aliphatic hydroxyl groups excluding tert-OH is 1. The minimum atomic E-state index is -1.38. The van der Waals surface area contributed by atoms with E-state index in [1.807, 2.05) is 0 Å². The van der Waals surface area contributed by atoms with Crippen LogP contribution >= 0.6 is 0 Å². The molecule has 1 aromatic carbocycles. The summed E-state index contributed by atoms with van der Waals surface area (Å²) in [5, 5.41) is 9.06. The number of benzene rings is 1. The van der Waals surface area contributed by atoms with Crippen molar-refractivity contribution in [2.45, 2.75) is 6.10 Å². The first-order chi connectivity index (χ1) is 6.06. The molecule has 0 aliphatic heterocycles. The molecule has 0 heterocycles. The third-order valence-corrected chi connectivity index (χ3v) is 1.60. The first-order valence-corrected chi connectivity index (χ1v) is 3.59. The molecule has 0 saturated carbocycles. The predicted octanol–water partition coefficient (Wildman–Crippen LogP) is 1.10. The molecule has 0 bridgehead atoms. The van der Waals surface area contributed by atoms with Crippen LogP contribution in [0.5, 0.6) is 0 Å². The lowest BCUT2D eigenvalue weighted by Crippen LogP contribution is -2.14. The summed E-state index contributed by atoms with van der Waals surface area (Å²) in [5.74, 6) is -3.54. The molecule has 5 heteroatoms. The van der Waals surface area contributed by atoms with E-state index < -0.39 is 29.1 Å². The summed E-state index contributed by atoms with van der Waals surface area (Å²) in [6.07, 6.45) is -1.38. The highest BCUT2D eigenvalue weighted by atomic mass is 19.2. The second kappa shape index (κ2) is 3.76. The number of aliphatic hydroxyl groups is 1. The number of hydrogen-bond acceptors (Lipinski definition) is 2. The summed E-state index contributed by atoms with van der Waals surface area (Å²) in [4.78, 5) is 0. The van der Waals surface area contributed by atoms with Gasteiger partial charge in [0.15, 0.2) is 11.6 Å². The van der Waals surface area contributed by atoms with Crippen LogP contribution in [0.2, 0.25) is 0 Å².